The molecule has 1 aromatic heterocycles. The number of methoxy groups -OCH3 is 1. The summed E-state index contributed by atoms with van der Waals surface area (Å²) < 4.78 is 12.5. The number of ether oxygens (including phenoxy) is 2. The summed E-state index contributed by atoms with van der Waals surface area (Å²) in [4.78, 5) is 11.6. The minimum Gasteiger partial charge on any atom is -0.465 e. The van der Waals surface area contributed by atoms with Crippen molar-refractivity contribution in [2.75, 3.05) is 20.3 Å². The van der Waals surface area contributed by atoms with Crippen molar-refractivity contribution in [3.63, 3.8) is 0 Å². The highest BCUT2D eigenvalue weighted by Gasteiger charge is 2.20. The maximum absolute atomic E-state index is 11.6. The Morgan fingerprint density at radius 3 is 3.00 bits per heavy atom. The number of hydrogen-bond donors (Lipinski definition) is 0. The number of rotatable bonds is 2. The molecule has 1 aliphatic rings. The lowest BCUT2D eigenvalue weighted by Gasteiger charge is -2.12. The van der Waals surface area contributed by atoms with E-state index in [1.165, 1.54) is 18.1 Å². The third kappa shape index (κ3) is 2.02. The van der Waals surface area contributed by atoms with Crippen LogP contribution in [0.2, 0.25) is 0 Å². The molecule has 4 heteroatoms. The van der Waals surface area contributed by atoms with Gasteiger partial charge < -0.3 is 14.0 Å². The van der Waals surface area contributed by atoms with Gasteiger partial charge in [0.25, 0.3) is 0 Å². The standard InChI is InChI=1S/C15H17NO3/c1-10-8-16(12-5-6-19-9-12)14-7-11(15(17)18-2)3-4-13(10)14/h3-4,7-8,12H,5-6,9H2,1-2H3. The molecule has 1 aromatic carbocycles. The number of carbonyl (C=O) groups excluding carboxylic acids is 1. The summed E-state index contributed by atoms with van der Waals surface area (Å²) in [5.41, 5.74) is 2.89. The molecular weight excluding hydrogens is 242 g/mol. The molecule has 1 aliphatic heterocycles. The fourth-order valence-corrected chi connectivity index (χ4v) is 2.71. The number of carbonyl (C=O) groups is 1. The summed E-state index contributed by atoms with van der Waals surface area (Å²) in [6, 6.07) is 6.08. The second-order valence-electron chi connectivity index (χ2n) is 4.96. The van der Waals surface area contributed by atoms with Gasteiger partial charge in [-0.2, -0.15) is 0 Å². The summed E-state index contributed by atoms with van der Waals surface area (Å²) in [6.07, 6.45) is 3.16. The first-order valence-electron chi connectivity index (χ1n) is 6.48. The van der Waals surface area contributed by atoms with Crippen LogP contribution in [0.4, 0.5) is 0 Å². The maximum Gasteiger partial charge on any atom is 0.337 e. The number of esters is 1. The molecule has 0 radical (unpaired) electrons. The first-order chi connectivity index (χ1) is 9.20. The lowest BCUT2D eigenvalue weighted by molar-refractivity contribution is 0.0601. The van der Waals surface area contributed by atoms with E-state index in [0.717, 1.165) is 25.2 Å². The number of nitrogens with zero attached hydrogens (tertiary/aromatic N) is 1. The molecule has 19 heavy (non-hydrogen) atoms. The lowest BCUT2D eigenvalue weighted by Crippen LogP contribution is -2.08. The van der Waals surface area contributed by atoms with Gasteiger partial charge >= 0.3 is 5.97 Å². The minimum absolute atomic E-state index is 0.296. The third-order valence-corrected chi connectivity index (χ3v) is 3.75. The molecule has 1 fully saturated rings. The van der Waals surface area contributed by atoms with Gasteiger partial charge in [-0.05, 0) is 31.0 Å². The van der Waals surface area contributed by atoms with Gasteiger partial charge in [0.2, 0.25) is 0 Å². The molecular formula is C15H17NO3. The van der Waals surface area contributed by atoms with Crippen LogP contribution in [0.1, 0.15) is 28.4 Å². The van der Waals surface area contributed by atoms with Gasteiger partial charge in [-0.3, -0.25) is 0 Å². The van der Waals surface area contributed by atoms with Crippen LogP contribution in [-0.4, -0.2) is 30.9 Å². The molecule has 1 unspecified atom stereocenters. The molecule has 0 amide bonds. The Labute approximate surface area is 111 Å². The highest BCUT2D eigenvalue weighted by atomic mass is 16.5. The number of fused-ring (bicyclic) bond motifs is 1. The number of hydrogen-bond acceptors (Lipinski definition) is 3. The SMILES string of the molecule is COC(=O)c1ccc2c(C)cn(C3CCOC3)c2c1. The Morgan fingerprint density at radius 1 is 1.47 bits per heavy atom. The fourth-order valence-electron chi connectivity index (χ4n) is 2.71. The van der Waals surface area contributed by atoms with Crippen molar-refractivity contribution in [3.8, 4) is 0 Å². The van der Waals surface area contributed by atoms with Gasteiger partial charge in [-0.1, -0.05) is 6.07 Å². The Balaban J connectivity index is 2.13. The largest absolute Gasteiger partial charge is 0.465 e. The summed E-state index contributed by atoms with van der Waals surface area (Å²) in [6.45, 7) is 3.64. The predicted molar refractivity (Wildman–Crippen MR) is 72.5 cm³/mol. The molecule has 4 nitrogen and oxygen atoms in total. The zero-order chi connectivity index (χ0) is 13.4. The van der Waals surface area contributed by atoms with Crippen LogP contribution in [0.25, 0.3) is 10.9 Å². The molecule has 0 spiro atoms. The van der Waals surface area contributed by atoms with Gasteiger partial charge in [0.05, 0.1) is 25.3 Å². The van der Waals surface area contributed by atoms with Crippen LogP contribution < -0.4 is 0 Å². The van der Waals surface area contributed by atoms with Crippen LogP contribution in [0.15, 0.2) is 24.4 Å². The fraction of sp³-hybridized carbons (Fsp3) is 0.400. The first-order valence-corrected chi connectivity index (χ1v) is 6.48. The molecule has 2 aromatic rings. The summed E-state index contributed by atoms with van der Waals surface area (Å²) >= 11 is 0. The van der Waals surface area contributed by atoms with Crippen molar-refractivity contribution in [2.24, 2.45) is 0 Å². The van der Waals surface area contributed by atoms with Crippen LogP contribution in [0, 0.1) is 6.92 Å². The number of aromatic nitrogens is 1. The molecule has 100 valence electrons. The molecule has 1 saturated heterocycles. The molecule has 2 heterocycles. The van der Waals surface area contributed by atoms with Gasteiger partial charge in [0, 0.05) is 23.7 Å². The molecule has 0 aliphatic carbocycles. The first kappa shape index (κ1) is 12.2. The molecule has 0 bridgehead atoms. The van der Waals surface area contributed by atoms with E-state index < -0.39 is 0 Å². The summed E-state index contributed by atoms with van der Waals surface area (Å²) in [5.74, 6) is -0.296. The van der Waals surface area contributed by atoms with E-state index in [2.05, 4.69) is 17.7 Å². The van der Waals surface area contributed by atoms with Crippen LogP contribution in [0.5, 0.6) is 0 Å². The monoisotopic (exact) mass is 259 g/mol. The second kappa shape index (κ2) is 4.70. The maximum atomic E-state index is 11.6. The molecule has 3 rings (SSSR count). The Morgan fingerprint density at radius 2 is 2.32 bits per heavy atom. The lowest BCUT2D eigenvalue weighted by atomic mass is 10.1. The van der Waals surface area contributed by atoms with Gasteiger partial charge in [-0.15, -0.1) is 0 Å². The molecule has 0 N–H and O–H groups in total. The summed E-state index contributed by atoms with van der Waals surface area (Å²) in [5, 5.41) is 1.18. The van der Waals surface area contributed by atoms with E-state index >= 15 is 0 Å². The van der Waals surface area contributed by atoms with Crippen molar-refractivity contribution < 1.29 is 14.3 Å². The van der Waals surface area contributed by atoms with Crippen molar-refractivity contribution in [3.05, 3.63) is 35.5 Å². The van der Waals surface area contributed by atoms with E-state index in [9.17, 15) is 4.79 Å². The van der Waals surface area contributed by atoms with Gasteiger partial charge in [0.15, 0.2) is 0 Å². The second-order valence-corrected chi connectivity index (χ2v) is 4.96. The van der Waals surface area contributed by atoms with Gasteiger partial charge in [-0.25, -0.2) is 4.79 Å². The van der Waals surface area contributed by atoms with Crippen molar-refractivity contribution >= 4 is 16.9 Å². The number of benzene rings is 1. The highest BCUT2D eigenvalue weighted by Crippen LogP contribution is 2.29. The van der Waals surface area contributed by atoms with E-state index in [0.29, 0.717) is 11.6 Å². The Kier molecular flexibility index (Phi) is 3.03. The van der Waals surface area contributed by atoms with Crippen molar-refractivity contribution in [1.29, 1.82) is 0 Å². The predicted octanol–water partition coefficient (Wildman–Crippen LogP) is 2.70. The minimum atomic E-state index is -0.296. The number of aryl methyl sites for hydroxylation is 1. The van der Waals surface area contributed by atoms with Crippen LogP contribution in [0.3, 0.4) is 0 Å². The average molecular weight is 259 g/mol. The van der Waals surface area contributed by atoms with Crippen molar-refractivity contribution in [2.45, 2.75) is 19.4 Å². The quantitative estimate of drug-likeness (QED) is 0.778. The molecule has 0 saturated carbocycles. The summed E-state index contributed by atoms with van der Waals surface area (Å²) in [7, 11) is 1.40. The topological polar surface area (TPSA) is 40.5 Å². The molecule has 1 atom stereocenters. The normalized spacial score (nSPS) is 18.9. The van der Waals surface area contributed by atoms with Crippen LogP contribution in [-0.2, 0) is 9.47 Å². The Hall–Kier alpha value is -1.81. The highest BCUT2D eigenvalue weighted by molar-refractivity contribution is 5.95. The van der Waals surface area contributed by atoms with E-state index in [1.807, 2.05) is 18.2 Å². The van der Waals surface area contributed by atoms with Gasteiger partial charge in [0.1, 0.15) is 0 Å². The van der Waals surface area contributed by atoms with E-state index in [4.69, 9.17) is 9.47 Å². The van der Waals surface area contributed by atoms with Crippen LogP contribution >= 0.6 is 0 Å². The van der Waals surface area contributed by atoms with Crippen molar-refractivity contribution in [1.82, 2.24) is 4.57 Å². The average Bonchev–Trinajstić information content (AvgIpc) is 3.06. The van der Waals surface area contributed by atoms with E-state index in [-0.39, 0.29) is 5.97 Å². The third-order valence-electron chi connectivity index (χ3n) is 3.75. The zero-order valence-electron chi connectivity index (χ0n) is 11.2. The zero-order valence-corrected chi connectivity index (χ0v) is 11.2. The van der Waals surface area contributed by atoms with E-state index in [1.54, 1.807) is 0 Å². The Bertz CT molecular complexity index is 624. The smallest absolute Gasteiger partial charge is 0.337 e.